The van der Waals surface area contributed by atoms with Gasteiger partial charge in [0.15, 0.2) is 0 Å². The van der Waals surface area contributed by atoms with Gasteiger partial charge in [-0.1, -0.05) is 59.1 Å². The van der Waals surface area contributed by atoms with Crippen LogP contribution in [0.2, 0.25) is 15.1 Å². The Bertz CT molecular complexity index is 855. The van der Waals surface area contributed by atoms with Crippen molar-refractivity contribution in [2.45, 2.75) is 45.8 Å². The Hall–Kier alpha value is -1.75. The fourth-order valence-corrected chi connectivity index (χ4v) is 3.24. The Morgan fingerprint density at radius 2 is 1.64 bits per heavy atom. The molecule has 2 amide bonds. The lowest BCUT2D eigenvalue weighted by molar-refractivity contribution is -0.140. The van der Waals surface area contributed by atoms with E-state index in [9.17, 15) is 9.59 Å². The molecule has 1 atom stereocenters. The summed E-state index contributed by atoms with van der Waals surface area (Å²) in [6, 6.07) is 11.7. The molecule has 0 radical (unpaired) electrons. The molecule has 150 valence electrons. The first-order valence-electron chi connectivity index (χ1n) is 8.96. The largest absolute Gasteiger partial charge is 0.352 e. The van der Waals surface area contributed by atoms with Gasteiger partial charge in [-0.05, 0) is 50.1 Å². The van der Waals surface area contributed by atoms with Gasteiger partial charge in [-0.25, -0.2) is 0 Å². The van der Waals surface area contributed by atoms with E-state index in [1.807, 2.05) is 32.0 Å². The van der Waals surface area contributed by atoms with E-state index in [1.54, 1.807) is 31.2 Å². The lowest BCUT2D eigenvalue weighted by Gasteiger charge is -2.29. The molecule has 0 saturated carbocycles. The molecule has 0 unspecified atom stereocenters. The van der Waals surface area contributed by atoms with Crippen molar-refractivity contribution in [1.29, 1.82) is 0 Å². The third-order valence-electron chi connectivity index (χ3n) is 4.24. The summed E-state index contributed by atoms with van der Waals surface area (Å²) < 4.78 is 0. The first kappa shape index (κ1) is 22.5. The van der Waals surface area contributed by atoms with E-state index in [0.717, 1.165) is 11.1 Å². The number of amides is 2. The molecule has 0 bridgehead atoms. The van der Waals surface area contributed by atoms with Crippen molar-refractivity contribution in [3.8, 4) is 0 Å². The molecular weight excluding hydrogens is 419 g/mol. The minimum absolute atomic E-state index is 0.0257. The van der Waals surface area contributed by atoms with Crippen LogP contribution < -0.4 is 5.32 Å². The lowest BCUT2D eigenvalue weighted by Crippen LogP contribution is -2.49. The Morgan fingerprint density at radius 1 is 0.964 bits per heavy atom. The van der Waals surface area contributed by atoms with Gasteiger partial charge in [-0.2, -0.15) is 0 Å². The molecule has 7 heteroatoms. The molecule has 2 rings (SSSR count). The van der Waals surface area contributed by atoms with Crippen LogP contribution in [0.25, 0.3) is 0 Å². The molecule has 0 saturated heterocycles. The molecule has 0 fully saturated rings. The summed E-state index contributed by atoms with van der Waals surface area (Å²) >= 11 is 18.3. The van der Waals surface area contributed by atoms with Crippen LogP contribution in [0, 0.1) is 0 Å². The van der Waals surface area contributed by atoms with Gasteiger partial charge < -0.3 is 10.2 Å². The molecule has 0 aromatic heterocycles. The number of nitrogens with zero attached hydrogens (tertiary/aromatic N) is 1. The molecular formula is C21H23Cl3N2O2. The standard InChI is InChI=1S/C21H23Cl3N2O2/c1-13(2)25-21(28)14(3)26(12-16-6-4-5-7-17(16)22)20(27)11-15-8-9-18(23)19(24)10-15/h4-10,13-14H,11-12H2,1-3H3,(H,25,28)/t14-/m0/s1. The van der Waals surface area contributed by atoms with Crippen LogP contribution in [0.15, 0.2) is 42.5 Å². The Balaban J connectivity index is 2.27. The van der Waals surface area contributed by atoms with Crippen molar-refractivity contribution >= 4 is 46.6 Å². The number of carbonyl (C=O) groups is 2. The van der Waals surface area contributed by atoms with Gasteiger partial charge in [0.25, 0.3) is 0 Å². The minimum atomic E-state index is -0.658. The molecule has 2 aromatic rings. The molecule has 4 nitrogen and oxygen atoms in total. The monoisotopic (exact) mass is 440 g/mol. The van der Waals surface area contributed by atoms with E-state index < -0.39 is 6.04 Å². The van der Waals surface area contributed by atoms with Crippen molar-refractivity contribution in [2.75, 3.05) is 0 Å². The molecule has 1 N–H and O–H groups in total. The van der Waals surface area contributed by atoms with Gasteiger partial charge >= 0.3 is 0 Å². The Kier molecular flexibility index (Phi) is 8.17. The fourth-order valence-electron chi connectivity index (χ4n) is 2.72. The number of carbonyl (C=O) groups excluding carboxylic acids is 2. The van der Waals surface area contributed by atoms with Gasteiger partial charge in [0.1, 0.15) is 6.04 Å². The van der Waals surface area contributed by atoms with Crippen LogP contribution in [0.3, 0.4) is 0 Å². The third-order valence-corrected chi connectivity index (χ3v) is 5.34. The van der Waals surface area contributed by atoms with E-state index in [4.69, 9.17) is 34.8 Å². The second-order valence-electron chi connectivity index (χ2n) is 6.88. The van der Waals surface area contributed by atoms with Gasteiger partial charge in [-0.15, -0.1) is 0 Å². The molecule has 0 aliphatic heterocycles. The van der Waals surface area contributed by atoms with E-state index in [-0.39, 0.29) is 30.8 Å². The maximum atomic E-state index is 13.1. The highest BCUT2D eigenvalue weighted by molar-refractivity contribution is 6.42. The molecule has 0 aliphatic carbocycles. The fraction of sp³-hybridized carbons (Fsp3) is 0.333. The number of rotatable bonds is 7. The van der Waals surface area contributed by atoms with Crippen molar-refractivity contribution in [1.82, 2.24) is 10.2 Å². The van der Waals surface area contributed by atoms with E-state index >= 15 is 0 Å². The zero-order valence-electron chi connectivity index (χ0n) is 16.0. The van der Waals surface area contributed by atoms with Crippen molar-refractivity contribution in [3.63, 3.8) is 0 Å². The van der Waals surface area contributed by atoms with Crippen LogP contribution in [-0.4, -0.2) is 28.8 Å². The number of benzene rings is 2. The van der Waals surface area contributed by atoms with Gasteiger partial charge in [0.05, 0.1) is 16.5 Å². The molecule has 2 aromatic carbocycles. The average Bonchev–Trinajstić information content (AvgIpc) is 2.63. The normalized spacial score (nSPS) is 12.0. The lowest BCUT2D eigenvalue weighted by atomic mass is 10.1. The highest BCUT2D eigenvalue weighted by Crippen LogP contribution is 2.24. The highest BCUT2D eigenvalue weighted by Gasteiger charge is 2.27. The topological polar surface area (TPSA) is 49.4 Å². The van der Waals surface area contributed by atoms with E-state index in [0.29, 0.717) is 15.1 Å². The minimum Gasteiger partial charge on any atom is -0.352 e. The molecule has 0 aliphatic rings. The summed E-state index contributed by atoms with van der Waals surface area (Å²) in [6.45, 7) is 5.69. The van der Waals surface area contributed by atoms with Crippen LogP contribution in [-0.2, 0) is 22.6 Å². The summed E-state index contributed by atoms with van der Waals surface area (Å²) in [5, 5.41) is 4.21. The van der Waals surface area contributed by atoms with Crippen molar-refractivity contribution < 1.29 is 9.59 Å². The van der Waals surface area contributed by atoms with Gasteiger partial charge in [0.2, 0.25) is 11.8 Å². The van der Waals surface area contributed by atoms with E-state index in [2.05, 4.69) is 5.32 Å². The molecule has 28 heavy (non-hydrogen) atoms. The van der Waals surface area contributed by atoms with Gasteiger partial charge in [-0.3, -0.25) is 9.59 Å². The highest BCUT2D eigenvalue weighted by atomic mass is 35.5. The maximum absolute atomic E-state index is 13.1. The number of hydrogen-bond donors (Lipinski definition) is 1. The maximum Gasteiger partial charge on any atom is 0.242 e. The Morgan fingerprint density at radius 3 is 2.25 bits per heavy atom. The summed E-state index contributed by atoms with van der Waals surface area (Å²) in [7, 11) is 0. The first-order valence-corrected chi connectivity index (χ1v) is 10.1. The summed E-state index contributed by atoms with van der Waals surface area (Å²) in [5.74, 6) is -0.422. The number of halogens is 3. The number of nitrogens with one attached hydrogen (secondary N) is 1. The summed E-state index contributed by atoms with van der Waals surface area (Å²) in [6.07, 6.45) is 0.0979. The zero-order chi connectivity index (χ0) is 20.8. The van der Waals surface area contributed by atoms with Crippen LogP contribution in [0.1, 0.15) is 31.9 Å². The predicted octanol–water partition coefficient (Wildman–Crippen LogP) is 5.13. The number of hydrogen-bond acceptors (Lipinski definition) is 2. The van der Waals surface area contributed by atoms with Crippen LogP contribution in [0.5, 0.6) is 0 Å². The van der Waals surface area contributed by atoms with E-state index in [1.165, 1.54) is 4.90 Å². The van der Waals surface area contributed by atoms with Crippen LogP contribution in [0.4, 0.5) is 0 Å². The third kappa shape index (κ3) is 6.13. The van der Waals surface area contributed by atoms with Crippen LogP contribution >= 0.6 is 34.8 Å². The van der Waals surface area contributed by atoms with Gasteiger partial charge in [0, 0.05) is 17.6 Å². The zero-order valence-corrected chi connectivity index (χ0v) is 18.3. The SMILES string of the molecule is CC(C)NC(=O)[C@H](C)N(Cc1ccccc1Cl)C(=O)Cc1ccc(Cl)c(Cl)c1. The Labute approximate surface area is 180 Å². The average molecular weight is 442 g/mol. The summed E-state index contributed by atoms with van der Waals surface area (Å²) in [4.78, 5) is 27.2. The summed E-state index contributed by atoms with van der Waals surface area (Å²) in [5.41, 5.74) is 1.50. The second kappa shape index (κ2) is 10.1. The molecule has 0 heterocycles. The van der Waals surface area contributed by atoms with Crippen molar-refractivity contribution in [2.24, 2.45) is 0 Å². The van der Waals surface area contributed by atoms with Crippen molar-refractivity contribution in [3.05, 3.63) is 68.7 Å². The predicted molar refractivity (Wildman–Crippen MR) is 115 cm³/mol. The quantitative estimate of drug-likeness (QED) is 0.647. The smallest absolute Gasteiger partial charge is 0.242 e. The molecule has 0 spiro atoms. The first-order chi connectivity index (χ1) is 13.2. The second-order valence-corrected chi connectivity index (χ2v) is 8.10.